The van der Waals surface area contributed by atoms with Gasteiger partial charge in [-0.05, 0) is 55.7 Å². The van der Waals surface area contributed by atoms with Crippen molar-refractivity contribution >= 4 is 23.5 Å². The maximum absolute atomic E-state index is 12.5. The number of hydrogen-bond acceptors (Lipinski definition) is 5. The van der Waals surface area contributed by atoms with Gasteiger partial charge in [-0.1, -0.05) is 13.8 Å². The van der Waals surface area contributed by atoms with Gasteiger partial charge in [-0.15, -0.1) is 0 Å². The van der Waals surface area contributed by atoms with Gasteiger partial charge < -0.3 is 15.4 Å². The van der Waals surface area contributed by atoms with Crippen molar-refractivity contribution in [3.63, 3.8) is 0 Å². The Morgan fingerprint density at radius 1 is 1.04 bits per heavy atom. The van der Waals surface area contributed by atoms with Crippen LogP contribution in [0.1, 0.15) is 58.4 Å². The van der Waals surface area contributed by atoms with Crippen LogP contribution in [0.15, 0.2) is 42.6 Å². The fraction of sp³-hybridized carbons (Fsp3) is 0.333. The Morgan fingerprint density at radius 2 is 1.75 bits per heavy atom. The number of rotatable bonds is 8. The standard InChI is InChI=1S/C21H25N3O4/c1-4-28-21(27)15-5-7-17(8-6-15)24-19(25)16-10-12-22-18(13-16)20(26)23-11-9-14(2)3/h5-8,10,12-14H,4,9,11H2,1-3H3,(H,23,26)(H,24,25). The molecule has 0 fully saturated rings. The van der Waals surface area contributed by atoms with E-state index in [1.54, 1.807) is 31.2 Å². The van der Waals surface area contributed by atoms with Gasteiger partial charge in [-0.3, -0.25) is 14.6 Å². The second-order valence-electron chi connectivity index (χ2n) is 6.62. The van der Waals surface area contributed by atoms with Gasteiger partial charge in [0.05, 0.1) is 12.2 Å². The maximum Gasteiger partial charge on any atom is 0.338 e. The molecule has 0 saturated carbocycles. The lowest BCUT2D eigenvalue weighted by molar-refractivity contribution is 0.0526. The zero-order valence-corrected chi connectivity index (χ0v) is 16.3. The van der Waals surface area contributed by atoms with Gasteiger partial charge >= 0.3 is 5.97 Å². The van der Waals surface area contributed by atoms with Crippen LogP contribution >= 0.6 is 0 Å². The zero-order chi connectivity index (χ0) is 20.5. The van der Waals surface area contributed by atoms with Crippen LogP contribution in [0.4, 0.5) is 5.69 Å². The number of aromatic nitrogens is 1. The SMILES string of the molecule is CCOC(=O)c1ccc(NC(=O)c2ccnc(C(=O)NCCC(C)C)c2)cc1. The van der Waals surface area contributed by atoms with E-state index >= 15 is 0 Å². The van der Waals surface area contributed by atoms with E-state index in [1.807, 2.05) is 0 Å². The van der Waals surface area contributed by atoms with E-state index in [4.69, 9.17) is 4.74 Å². The Hall–Kier alpha value is -3.22. The molecule has 0 radical (unpaired) electrons. The summed E-state index contributed by atoms with van der Waals surface area (Å²) in [7, 11) is 0. The molecule has 0 atom stereocenters. The Bertz CT molecular complexity index is 832. The molecule has 2 aromatic rings. The van der Waals surface area contributed by atoms with Crippen molar-refractivity contribution in [2.75, 3.05) is 18.5 Å². The topological polar surface area (TPSA) is 97.4 Å². The minimum absolute atomic E-state index is 0.189. The van der Waals surface area contributed by atoms with Crippen LogP contribution in [-0.4, -0.2) is 35.9 Å². The summed E-state index contributed by atoms with van der Waals surface area (Å²) in [6, 6.07) is 9.37. The number of nitrogens with zero attached hydrogens (tertiary/aromatic N) is 1. The van der Waals surface area contributed by atoms with E-state index in [0.29, 0.717) is 35.9 Å². The Labute approximate surface area is 164 Å². The van der Waals surface area contributed by atoms with Gasteiger partial charge in [-0.25, -0.2) is 4.79 Å². The van der Waals surface area contributed by atoms with E-state index < -0.39 is 5.97 Å². The van der Waals surface area contributed by atoms with Crippen molar-refractivity contribution in [3.05, 3.63) is 59.4 Å². The molecule has 7 heteroatoms. The molecule has 2 amide bonds. The van der Waals surface area contributed by atoms with Crippen molar-refractivity contribution in [1.29, 1.82) is 0 Å². The average molecular weight is 383 g/mol. The summed E-state index contributed by atoms with van der Waals surface area (Å²) < 4.78 is 4.92. The summed E-state index contributed by atoms with van der Waals surface area (Å²) in [5, 5.41) is 5.53. The molecule has 148 valence electrons. The first kappa shape index (κ1) is 21.1. The molecule has 0 saturated heterocycles. The predicted molar refractivity (Wildman–Crippen MR) is 106 cm³/mol. The Balaban J connectivity index is 2.00. The molecule has 0 aliphatic rings. The van der Waals surface area contributed by atoms with Gasteiger partial charge in [0.15, 0.2) is 0 Å². The molecule has 2 rings (SSSR count). The largest absolute Gasteiger partial charge is 0.462 e. The molecular formula is C21H25N3O4. The molecule has 28 heavy (non-hydrogen) atoms. The summed E-state index contributed by atoms with van der Waals surface area (Å²) in [4.78, 5) is 40.3. The molecule has 0 aliphatic heterocycles. The van der Waals surface area contributed by atoms with Crippen molar-refractivity contribution < 1.29 is 19.1 Å². The molecule has 0 bridgehead atoms. The van der Waals surface area contributed by atoms with Gasteiger partial charge in [0, 0.05) is 24.0 Å². The third-order valence-electron chi connectivity index (χ3n) is 3.92. The van der Waals surface area contributed by atoms with Gasteiger partial charge in [0.1, 0.15) is 5.69 Å². The summed E-state index contributed by atoms with van der Waals surface area (Å²) in [5.74, 6) is -0.611. The number of pyridine rings is 1. The first-order chi connectivity index (χ1) is 13.4. The molecule has 1 aromatic carbocycles. The highest BCUT2D eigenvalue weighted by atomic mass is 16.5. The lowest BCUT2D eigenvalue weighted by Gasteiger charge is -2.09. The molecule has 0 unspecified atom stereocenters. The lowest BCUT2D eigenvalue weighted by Crippen LogP contribution is -2.26. The smallest absolute Gasteiger partial charge is 0.338 e. The monoisotopic (exact) mass is 383 g/mol. The Kier molecular flexibility index (Phi) is 7.68. The minimum Gasteiger partial charge on any atom is -0.462 e. The highest BCUT2D eigenvalue weighted by molar-refractivity contribution is 6.05. The lowest BCUT2D eigenvalue weighted by atomic mass is 10.1. The van der Waals surface area contributed by atoms with E-state index in [9.17, 15) is 14.4 Å². The van der Waals surface area contributed by atoms with Crippen molar-refractivity contribution in [2.24, 2.45) is 5.92 Å². The fourth-order valence-electron chi connectivity index (χ4n) is 2.37. The van der Waals surface area contributed by atoms with E-state index in [2.05, 4.69) is 29.5 Å². The summed E-state index contributed by atoms with van der Waals surface area (Å²) in [5.41, 5.74) is 1.44. The number of hydrogen-bond donors (Lipinski definition) is 2. The molecule has 0 spiro atoms. The summed E-state index contributed by atoms with van der Waals surface area (Å²) >= 11 is 0. The van der Waals surface area contributed by atoms with Crippen LogP contribution in [0.25, 0.3) is 0 Å². The van der Waals surface area contributed by atoms with E-state index in [-0.39, 0.29) is 17.5 Å². The van der Waals surface area contributed by atoms with Gasteiger partial charge in [0.25, 0.3) is 11.8 Å². The molecule has 1 aromatic heterocycles. The van der Waals surface area contributed by atoms with Gasteiger partial charge in [0.2, 0.25) is 0 Å². The van der Waals surface area contributed by atoms with Gasteiger partial charge in [-0.2, -0.15) is 0 Å². The first-order valence-corrected chi connectivity index (χ1v) is 9.23. The van der Waals surface area contributed by atoms with E-state index in [1.165, 1.54) is 18.3 Å². The summed E-state index contributed by atoms with van der Waals surface area (Å²) in [6.07, 6.45) is 2.30. The number of anilines is 1. The third-order valence-corrected chi connectivity index (χ3v) is 3.92. The number of nitrogens with one attached hydrogen (secondary N) is 2. The minimum atomic E-state index is -0.414. The second-order valence-corrected chi connectivity index (χ2v) is 6.62. The number of benzene rings is 1. The van der Waals surface area contributed by atoms with Crippen LogP contribution in [0.3, 0.4) is 0 Å². The molecule has 2 N–H and O–H groups in total. The highest BCUT2D eigenvalue weighted by Crippen LogP contribution is 2.13. The number of carbonyl (C=O) groups is 3. The highest BCUT2D eigenvalue weighted by Gasteiger charge is 2.13. The van der Waals surface area contributed by atoms with Crippen LogP contribution in [0.5, 0.6) is 0 Å². The van der Waals surface area contributed by atoms with Crippen molar-refractivity contribution in [3.8, 4) is 0 Å². The normalized spacial score (nSPS) is 10.4. The quantitative estimate of drug-likeness (QED) is 0.682. The number of esters is 1. The number of ether oxygens (including phenoxy) is 1. The fourth-order valence-corrected chi connectivity index (χ4v) is 2.37. The molecule has 7 nitrogen and oxygen atoms in total. The third kappa shape index (κ3) is 6.19. The molecule has 1 heterocycles. The van der Waals surface area contributed by atoms with Crippen LogP contribution in [0, 0.1) is 5.92 Å². The van der Waals surface area contributed by atoms with Crippen LogP contribution in [0.2, 0.25) is 0 Å². The van der Waals surface area contributed by atoms with Crippen LogP contribution in [-0.2, 0) is 4.74 Å². The van der Waals surface area contributed by atoms with Crippen molar-refractivity contribution in [2.45, 2.75) is 27.2 Å². The maximum atomic E-state index is 12.5. The average Bonchev–Trinajstić information content (AvgIpc) is 2.68. The van der Waals surface area contributed by atoms with E-state index in [0.717, 1.165) is 6.42 Å². The predicted octanol–water partition coefficient (Wildman–Crippen LogP) is 3.29. The van der Waals surface area contributed by atoms with Crippen molar-refractivity contribution in [1.82, 2.24) is 10.3 Å². The molecular weight excluding hydrogens is 358 g/mol. The number of amides is 2. The zero-order valence-electron chi connectivity index (χ0n) is 16.3. The number of carbonyl (C=O) groups excluding carboxylic acids is 3. The Morgan fingerprint density at radius 3 is 2.39 bits per heavy atom. The summed E-state index contributed by atoms with van der Waals surface area (Å²) in [6.45, 7) is 6.75. The second kappa shape index (κ2) is 10.2. The van der Waals surface area contributed by atoms with Crippen LogP contribution < -0.4 is 10.6 Å². The molecule has 0 aliphatic carbocycles. The first-order valence-electron chi connectivity index (χ1n) is 9.23.